The van der Waals surface area contributed by atoms with Crippen LogP contribution in [0.3, 0.4) is 0 Å². The monoisotopic (exact) mass is 275 g/mol. The molecular formula is C15H21N3O2. The largest absolute Gasteiger partial charge is 0.368 e. The molecule has 2 amide bonds. The normalized spacial score (nSPS) is 16.9. The lowest BCUT2D eigenvalue weighted by molar-refractivity contribution is -0.138. The SMILES string of the molecule is NC(=O)CN(C(=O)[C@@H](N)c1ccccc1)C1CCCC1. The van der Waals surface area contributed by atoms with Crippen molar-refractivity contribution in [1.82, 2.24) is 4.90 Å². The van der Waals surface area contributed by atoms with Crippen LogP contribution >= 0.6 is 0 Å². The van der Waals surface area contributed by atoms with Crippen LogP contribution in [-0.4, -0.2) is 29.3 Å². The van der Waals surface area contributed by atoms with Crippen LogP contribution in [0.5, 0.6) is 0 Å². The van der Waals surface area contributed by atoms with Gasteiger partial charge < -0.3 is 16.4 Å². The number of carbonyl (C=O) groups is 2. The molecule has 0 aliphatic heterocycles. The van der Waals surface area contributed by atoms with Gasteiger partial charge in [-0.2, -0.15) is 0 Å². The van der Waals surface area contributed by atoms with E-state index in [2.05, 4.69) is 0 Å². The molecule has 4 N–H and O–H groups in total. The first kappa shape index (κ1) is 14.5. The maximum absolute atomic E-state index is 12.6. The molecule has 1 aromatic carbocycles. The van der Waals surface area contributed by atoms with Crippen LogP contribution in [0.1, 0.15) is 37.3 Å². The van der Waals surface area contributed by atoms with Gasteiger partial charge >= 0.3 is 0 Å². The summed E-state index contributed by atoms with van der Waals surface area (Å²) in [5, 5.41) is 0. The van der Waals surface area contributed by atoms with Crippen molar-refractivity contribution in [2.24, 2.45) is 11.5 Å². The molecule has 0 saturated heterocycles. The van der Waals surface area contributed by atoms with Crippen molar-refractivity contribution < 1.29 is 9.59 Å². The van der Waals surface area contributed by atoms with Gasteiger partial charge in [0.2, 0.25) is 11.8 Å². The third-order valence-electron chi connectivity index (χ3n) is 3.80. The van der Waals surface area contributed by atoms with Gasteiger partial charge in [-0.3, -0.25) is 9.59 Å². The van der Waals surface area contributed by atoms with Gasteiger partial charge in [-0.05, 0) is 18.4 Å². The Morgan fingerprint density at radius 3 is 2.35 bits per heavy atom. The second-order valence-corrected chi connectivity index (χ2v) is 5.26. The molecule has 1 fully saturated rings. The summed E-state index contributed by atoms with van der Waals surface area (Å²) in [4.78, 5) is 25.3. The molecule has 5 heteroatoms. The summed E-state index contributed by atoms with van der Waals surface area (Å²) in [6, 6.07) is 8.55. The molecule has 108 valence electrons. The number of benzene rings is 1. The first-order valence-electron chi connectivity index (χ1n) is 6.99. The molecule has 2 rings (SSSR count). The summed E-state index contributed by atoms with van der Waals surface area (Å²) in [7, 11) is 0. The summed E-state index contributed by atoms with van der Waals surface area (Å²) < 4.78 is 0. The zero-order valence-corrected chi connectivity index (χ0v) is 11.5. The molecule has 0 bridgehead atoms. The average molecular weight is 275 g/mol. The molecule has 1 aliphatic carbocycles. The van der Waals surface area contributed by atoms with Gasteiger partial charge in [0.05, 0.1) is 6.54 Å². The van der Waals surface area contributed by atoms with Gasteiger partial charge in [0.15, 0.2) is 0 Å². The van der Waals surface area contributed by atoms with Crippen LogP contribution in [0, 0.1) is 0 Å². The van der Waals surface area contributed by atoms with E-state index in [-0.39, 0.29) is 18.5 Å². The van der Waals surface area contributed by atoms with Gasteiger partial charge in [-0.15, -0.1) is 0 Å². The van der Waals surface area contributed by atoms with E-state index in [9.17, 15) is 9.59 Å². The zero-order valence-electron chi connectivity index (χ0n) is 11.5. The third kappa shape index (κ3) is 3.36. The Kier molecular flexibility index (Phi) is 4.74. The molecule has 0 aromatic heterocycles. The van der Waals surface area contributed by atoms with Gasteiger partial charge in [0, 0.05) is 6.04 Å². The number of carbonyl (C=O) groups excluding carboxylic acids is 2. The molecule has 1 saturated carbocycles. The van der Waals surface area contributed by atoms with Crippen LogP contribution in [0.2, 0.25) is 0 Å². The number of primary amides is 1. The maximum atomic E-state index is 12.6. The Morgan fingerprint density at radius 1 is 1.20 bits per heavy atom. The van der Waals surface area contributed by atoms with Gasteiger partial charge in [0.25, 0.3) is 0 Å². The van der Waals surface area contributed by atoms with Crippen molar-refractivity contribution in [1.29, 1.82) is 0 Å². The van der Waals surface area contributed by atoms with Crippen LogP contribution in [0.25, 0.3) is 0 Å². The average Bonchev–Trinajstić information content (AvgIpc) is 2.98. The van der Waals surface area contributed by atoms with Crippen molar-refractivity contribution in [3.63, 3.8) is 0 Å². The highest BCUT2D eigenvalue weighted by Gasteiger charge is 2.31. The lowest BCUT2D eigenvalue weighted by Crippen LogP contribution is -2.47. The number of amides is 2. The van der Waals surface area contributed by atoms with Crippen LogP contribution in [-0.2, 0) is 9.59 Å². The second kappa shape index (κ2) is 6.52. The Morgan fingerprint density at radius 2 is 1.80 bits per heavy atom. The number of nitrogens with two attached hydrogens (primary N) is 2. The first-order valence-corrected chi connectivity index (χ1v) is 6.99. The van der Waals surface area contributed by atoms with Crippen molar-refractivity contribution >= 4 is 11.8 Å². The van der Waals surface area contributed by atoms with Crippen molar-refractivity contribution in [3.8, 4) is 0 Å². The number of nitrogens with zero attached hydrogens (tertiary/aromatic N) is 1. The van der Waals surface area contributed by atoms with E-state index < -0.39 is 11.9 Å². The molecule has 0 heterocycles. The van der Waals surface area contributed by atoms with Gasteiger partial charge in [0.1, 0.15) is 6.04 Å². The van der Waals surface area contributed by atoms with E-state index in [1.54, 1.807) is 4.90 Å². The Hall–Kier alpha value is -1.88. The lowest BCUT2D eigenvalue weighted by Gasteiger charge is -2.30. The van der Waals surface area contributed by atoms with E-state index in [1.165, 1.54) is 0 Å². The minimum atomic E-state index is -0.740. The van der Waals surface area contributed by atoms with E-state index in [1.807, 2.05) is 30.3 Å². The van der Waals surface area contributed by atoms with E-state index in [0.29, 0.717) is 0 Å². The van der Waals surface area contributed by atoms with Crippen molar-refractivity contribution in [2.75, 3.05) is 6.54 Å². The molecule has 5 nitrogen and oxygen atoms in total. The number of rotatable bonds is 5. The first-order chi connectivity index (χ1) is 9.59. The molecular weight excluding hydrogens is 254 g/mol. The topological polar surface area (TPSA) is 89.4 Å². The quantitative estimate of drug-likeness (QED) is 0.838. The minimum Gasteiger partial charge on any atom is -0.368 e. The molecule has 0 radical (unpaired) electrons. The highest BCUT2D eigenvalue weighted by atomic mass is 16.2. The standard InChI is InChI=1S/C15H21N3O2/c16-13(19)10-18(12-8-4-5-9-12)15(20)14(17)11-6-2-1-3-7-11/h1-3,6-7,12,14H,4-5,8-10,17H2,(H2,16,19)/t14-/m0/s1. The van der Waals surface area contributed by atoms with E-state index >= 15 is 0 Å². The number of hydrogen-bond acceptors (Lipinski definition) is 3. The van der Waals surface area contributed by atoms with Crippen molar-refractivity contribution in [3.05, 3.63) is 35.9 Å². The van der Waals surface area contributed by atoms with Crippen LogP contribution in [0.4, 0.5) is 0 Å². The fourth-order valence-corrected chi connectivity index (χ4v) is 2.75. The maximum Gasteiger partial charge on any atom is 0.244 e. The summed E-state index contributed by atoms with van der Waals surface area (Å²) >= 11 is 0. The highest BCUT2D eigenvalue weighted by molar-refractivity contribution is 5.87. The smallest absolute Gasteiger partial charge is 0.244 e. The fraction of sp³-hybridized carbons (Fsp3) is 0.467. The lowest BCUT2D eigenvalue weighted by atomic mass is 10.0. The van der Waals surface area contributed by atoms with E-state index in [0.717, 1.165) is 31.2 Å². The summed E-state index contributed by atoms with van der Waals surface area (Å²) in [6.07, 6.45) is 3.99. The highest BCUT2D eigenvalue weighted by Crippen LogP contribution is 2.25. The van der Waals surface area contributed by atoms with E-state index in [4.69, 9.17) is 11.5 Å². The molecule has 0 spiro atoms. The minimum absolute atomic E-state index is 0.0516. The Balaban J connectivity index is 2.15. The summed E-state index contributed by atoms with van der Waals surface area (Å²) in [5.41, 5.74) is 12.1. The van der Waals surface area contributed by atoms with Gasteiger partial charge in [-0.1, -0.05) is 43.2 Å². The van der Waals surface area contributed by atoms with Gasteiger partial charge in [-0.25, -0.2) is 0 Å². The van der Waals surface area contributed by atoms with Crippen LogP contribution in [0.15, 0.2) is 30.3 Å². The molecule has 1 aliphatic rings. The summed E-state index contributed by atoms with van der Waals surface area (Å²) in [6.45, 7) is -0.0516. The Labute approximate surface area is 118 Å². The predicted molar refractivity (Wildman–Crippen MR) is 76.5 cm³/mol. The predicted octanol–water partition coefficient (Wildman–Crippen LogP) is 0.943. The molecule has 20 heavy (non-hydrogen) atoms. The third-order valence-corrected chi connectivity index (χ3v) is 3.80. The number of hydrogen-bond donors (Lipinski definition) is 2. The van der Waals surface area contributed by atoms with Crippen molar-refractivity contribution in [2.45, 2.75) is 37.8 Å². The fourth-order valence-electron chi connectivity index (χ4n) is 2.75. The molecule has 0 unspecified atom stereocenters. The zero-order chi connectivity index (χ0) is 14.5. The van der Waals surface area contributed by atoms with Crippen LogP contribution < -0.4 is 11.5 Å². The Bertz CT molecular complexity index is 469. The second-order valence-electron chi connectivity index (χ2n) is 5.26. The summed E-state index contributed by atoms with van der Waals surface area (Å²) in [5.74, 6) is -0.715. The molecule has 1 aromatic rings. The molecule has 1 atom stereocenters.